The molecule has 10 unspecified atom stereocenters. The van der Waals surface area contributed by atoms with Crippen molar-refractivity contribution in [2.24, 2.45) is 71.0 Å². The molecule has 8 aliphatic carbocycles. The zero-order valence-corrected chi connectivity index (χ0v) is 30.8. The van der Waals surface area contributed by atoms with Gasteiger partial charge in [-0.3, -0.25) is 6.08 Å². The molecule has 0 aromatic rings. The molecule has 0 aromatic heterocycles. The fourth-order valence-electron chi connectivity index (χ4n) is 9.76. The van der Waals surface area contributed by atoms with Crippen LogP contribution in [0, 0.1) is 83.5 Å². The minimum absolute atomic E-state index is 0. The van der Waals surface area contributed by atoms with Gasteiger partial charge in [-0.2, -0.15) is 12.0 Å². The molecule has 0 aromatic carbocycles. The average molecular weight is 707 g/mol. The van der Waals surface area contributed by atoms with Crippen molar-refractivity contribution in [3.63, 3.8) is 0 Å². The number of halogens is 2. The topological polar surface area (TPSA) is 0 Å². The Bertz CT molecular complexity index is 1140. The van der Waals surface area contributed by atoms with Gasteiger partial charge in [0.05, 0.1) is 0 Å². The molecule has 4 fully saturated rings. The van der Waals surface area contributed by atoms with E-state index in [2.05, 4.69) is 105 Å². The van der Waals surface area contributed by atoms with Gasteiger partial charge in [0.2, 0.25) is 0 Å². The summed E-state index contributed by atoms with van der Waals surface area (Å²) in [6.07, 6.45) is 53.0. The Kier molecular flexibility index (Phi) is 14.3. The van der Waals surface area contributed by atoms with Gasteiger partial charge in [0.25, 0.3) is 0 Å². The summed E-state index contributed by atoms with van der Waals surface area (Å²) in [4.78, 5) is 0. The van der Waals surface area contributed by atoms with E-state index in [0.717, 1.165) is 41.9 Å². The molecule has 0 amide bonds. The van der Waals surface area contributed by atoms with Crippen LogP contribution >= 0.6 is 0 Å². The quantitative estimate of drug-likeness (QED) is 0.385. The van der Waals surface area contributed by atoms with Gasteiger partial charge in [-0.05, 0) is 29.6 Å². The van der Waals surface area contributed by atoms with E-state index in [1.165, 1.54) is 51.4 Å². The third kappa shape index (κ3) is 8.03. The first-order chi connectivity index (χ1) is 20.6. The second kappa shape index (κ2) is 17.4. The Balaban J connectivity index is 0.000000171. The van der Waals surface area contributed by atoms with Crippen LogP contribution < -0.4 is 24.8 Å². The molecular formula is C41H52Cl2Zr-2. The number of rotatable bonds is 4. The number of allylic oxidation sites excluding steroid dienone is 16. The largest absolute Gasteiger partial charge is 1.00 e. The molecule has 0 spiro atoms. The molecule has 0 N–H and O–H groups in total. The van der Waals surface area contributed by atoms with Crippen molar-refractivity contribution in [1.82, 2.24) is 0 Å². The van der Waals surface area contributed by atoms with Crippen molar-refractivity contribution in [2.45, 2.75) is 71.6 Å². The zero-order chi connectivity index (χ0) is 28.9. The van der Waals surface area contributed by atoms with Gasteiger partial charge in [0.15, 0.2) is 0 Å². The van der Waals surface area contributed by atoms with Crippen molar-refractivity contribution in [3.05, 3.63) is 104 Å². The molecule has 8 rings (SSSR count). The van der Waals surface area contributed by atoms with Crippen LogP contribution in [0.2, 0.25) is 0 Å². The minimum Gasteiger partial charge on any atom is -1.00 e. The predicted octanol–water partition coefficient (Wildman–Crippen LogP) is 4.20. The molecule has 3 heteroatoms. The summed E-state index contributed by atoms with van der Waals surface area (Å²) in [5.74, 6) is 9.59. The van der Waals surface area contributed by atoms with Crippen LogP contribution in [-0.4, -0.2) is 3.21 Å². The van der Waals surface area contributed by atoms with E-state index in [9.17, 15) is 0 Å². The van der Waals surface area contributed by atoms with Crippen LogP contribution in [0.5, 0.6) is 0 Å². The molecule has 0 bridgehead atoms. The zero-order valence-electron chi connectivity index (χ0n) is 26.8. The van der Waals surface area contributed by atoms with Crippen LogP contribution in [0.4, 0.5) is 0 Å². The van der Waals surface area contributed by atoms with E-state index in [1.807, 2.05) is 15.4 Å². The third-order valence-corrected chi connectivity index (χ3v) is 14.4. The van der Waals surface area contributed by atoms with E-state index in [1.54, 1.807) is 24.2 Å². The summed E-state index contributed by atoms with van der Waals surface area (Å²) in [6, 6.07) is 0. The Morgan fingerprint density at radius 3 is 1.61 bits per heavy atom. The molecule has 4 saturated carbocycles. The Morgan fingerprint density at radius 2 is 1.11 bits per heavy atom. The molecule has 44 heavy (non-hydrogen) atoms. The summed E-state index contributed by atoms with van der Waals surface area (Å²) < 4.78 is 1.91. The standard InChI is InChI=1S/C21H21.C15H26.C5H5.2ClH.Zr/c1-2-8-15-14(7-1)13-20-18-11-4-3-9-16(18)17-10-5-6-12-19(17)21(15)20;1-12(14-7-3-4-8-14)11-13(2)15-9-5-6-10-15;1-2-4-5-3-1;;;/h1-21H;12-15H,3-10H2,1-2H3;1-3H,4H2;2*1H;/q-1;;-1;;;+2/p-2. The van der Waals surface area contributed by atoms with Crippen LogP contribution in [0.25, 0.3) is 0 Å². The van der Waals surface area contributed by atoms with Crippen molar-refractivity contribution in [2.75, 3.05) is 0 Å². The molecular weight excluding hydrogens is 655 g/mol. The molecule has 10 atom stereocenters. The van der Waals surface area contributed by atoms with E-state index in [4.69, 9.17) is 0 Å². The van der Waals surface area contributed by atoms with E-state index in [0.29, 0.717) is 35.5 Å². The summed E-state index contributed by atoms with van der Waals surface area (Å²) in [6.45, 7) is 5.04. The van der Waals surface area contributed by atoms with Crippen LogP contribution in [0.1, 0.15) is 71.6 Å². The summed E-state index contributed by atoms with van der Waals surface area (Å²) in [7, 11) is 0. The average Bonchev–Trinajstić information content (AvgIpc) is 3.88. The molecule has 0 radical (unpaired) electrons. The van der Waals surface area contributed by atoms with Crippen molar-refractivity contribution >= 4 is 3.21 Å². The maximum Gasteiger partial charge on any atom is -0.109 e. The van der Waals surface area contributed by atoms with Crippen molar-refractivity contribution in [1.29, 1.82) is 0 Å². The Morgan fingerprint density at radius 1 is 0.636 bits per heavy atom. The molecule has 8 aliphatic rings. The van der Waals surface area contributed by atoms with Crippen LogP contribution in [-0.2, 0) is 24.2 Å². The Hall–Kier alpha value is -0.747. The maximum absolute atomic E-state index is 2.99. The first-order valence-electron chi connectivity index (χ1n) is 17.3. The van der Waals surface area contributed by atoms with Gasteiger partial charge < -0.3 is 31.2 Å². The number of hydrogen-bond donors (Lipinski definition) is 0. The fourth-order valence-corrected chi connectivity index (χ4v) is 10.9. The van der Waals surface area contributed by atoms with Crippen molar-refractivity contribution < 1.29 is 49.0 Å². The SMILES string of the molecule is C1=CC2[CH-]C3C4C=CC=CC4C4C=CC=CC4C3C2C=C1.CC([C](=[Zr+2])C(C)C1CCCC1)C1CCCC1.[C-]1=CC=CC1.[Cl-].[Cl-]. The third-order valence-electron chi connectivity index (χ3n) is 12.1. The fraction of sp³-hybridized carbons (Fsp3) is 0.561. The van der Waals surface area contributed by atoms with Gasteiger partial charge >= 0.3 is 116 Å². The van der Waals surface area contributed by atoms with Crippen LogP contribution in [0.3, 0.4) is 0 Å². The van der Waals surface area contributed by atoms with Gasteiger partial charge in [0.1, 0.15) is 0 Å². The van der Waals surface area contributed by atoms with Gasteiger partial charge in [-0.1, -0.05) is 72.8 Å². The van der Waals surface area contributed by atoms with Gasteiger partial charge in [-0.25, -0.2) is 12.2 Å². The summed E-state index contributed by atoms with van der Waals surface area (Å²) in [5, 5.41) is 0. The molecule has 236 valence electrons. The second-order valence-electron chi connectivity index (χ2n) is 14.2. The molecule has 0 aliphatic heterocycles. The summed E-state index contributed by atoms with van der Waals surface area (Å²) in [5.41, 5.74) is 0. The second-order valence-corrected chi connectivity index (χ2v) is 15.7. The normalized spacial score (nSPS) is 36.5. The maximum atomic E-state index is 2.99. The predicted molar refractivity (Wildman–Crippen MR) is 176 cm³/mol. The molecule has 0 saturated heterocycles. The minimum atomic E-state index is 0. The molecule has 0 nitrogen and oxygen atoms in total. The first-order valence-corrected chi connectivity index (χ1v) is 18.6. The first kappa shape index (κ1) is 36.1. The van der Waals surface area contributed by atoms with Gasteiger partial charge in [-0.15, -0.1) is 18.4 Å². The van der Waals surface area contributed by atoms with E-state index < -0.39 is 0 Å². The monoisotopic (exact) mass is 704 g/mol. The summed E-state index contributed by atoms with van der Waals surface area (Å²) >= 11 is 1.73. The number of fused-ring (bicyclic) bond motifs is 8. The van der Waals surface area contributed by atoms with Crippen LogP contribution in [0.15, 0.2) is 91.1 Å². The van der Waals surface area contributed by atoms with Gasteiger partial charge in [0, 0.05) is 0 Å². The van der Waals surface area contributed by atoms with E-state index >= 15 is 0 Å². The number of hydrogen-bond acceptors (Lipinski definition) is 0. The smallest absolute Gasteiger partial charge is 0.109 e. The Labute approximate surface area is 296 Å². The van der Waals surface area contributed by atoms with E-state index in [-0.39, 0.29) is 24.8 Å². The molecule has 0 heterocycles. The van der Waals surface area contributed by atoms with Crippen molar-refractivity contribution in [3.8, 4) is 0 Å².